The number of hydrogen-bond acceptors (Lipinski definition) is 10. The number of benzene rings is 1. The third-order valence-electron chi connectivity index (χ3n) is 13.3. The highest BCUT2D eigenvalue weighted by Crippen LogP contribution is 2.49. The summed E-state index contributed by atoms with van der Waals surface area (Å²) in [4.78, 5) is 37.1. The van der Waals surface area contributed by atoms with Gasteiger partial charge in [-0.25, -0.2) is 0 Å². The van der Waals surface area contributed by atoms with Gasteiger partial charge in [0.05, 0.1) is 28.2 Å². The molecule has 0 atom stereocenters. The molecule has 1 aliphatic carbocycles. The van der Waals surface area contributed by atoms with Crippen LogP contribution in [0.3, 0.4) is 0 Å². The Labute approximate surface area is 410 Å². The molecule has 8 rings (SSSR count). The highest BCUT2D eigenvalue weighted by atomic mass is 32.1. The normalized spacial score (nSPS) is 12.9. The molecule has 0 amide bonds. The number of aliphatic hydroxyl groups excluding tert-OH is 1. The number of carbonyl (C=O) groups is 2. The Balaban J connectivity index is 1.18. The lowest BCUT2D eigenvalue weighted by Gasteiger charge is -2.04. The van der Waals surface area contributed by atoms with Gasteiger partial charge in [0.2, 0.25) is 0 Å². The molecule has 0 unspecified atom stereocenters. The third-order valence-corrected chi connectivity index (χ3v) is 20.6. The predicted octanol–water partition coefficient (Wildman–Crippen LogP) is 16.6. The van der Waals surface area contributed by atoms with Crippen LogP contribution in [0.5, 0.6) is 5.06 Å². The number of ether oxygens (including phenoxy) is 1. The molecule has 10 heteroatoms. The minimum atomic E-state index is -0.0452. The molecule has 0 spiro atoms. The van der Waals surface area contributed by atoms with Crippen LogP contribution in [0.4, 0.5) is 0 Å². The van der Waals surface area contributed by atoms with Crippen LogP contribution < -0.4 is 15.2 Å². The summed E-state index contributed by atoms with van der Waals surface area (Å²) >= 11 is 10.2. The van der Waals surface area contributed by atoms with Crippen LogP contribution in [0.15, 0.2) is 30.3 Å². The van der Waals surface area contributed by atoms with Crippen molar-refractivity contribution in [1.82, 2.24) is 0 Å². The number of thiophene rings is 6. The van der Waals surface area contributed by atoms with Gasteiger partial charge in [0, 0.05) is 82.5 Å². The van der Waals surface area contributed by atoms with Crippen molar-refractivity contribution in [2.24, 2.45) is 0 Å². The first-order valence-corrected chi connectivity index (χ1v) is 29.3. The van der Waals surface area contributed by atoms with E-state index in [4.69, 9.17) is 4.74 Å². The summed E-state index contributed by atoms with van der Waals surface area (Å²) in [5.74, 6) is 0.202. The van der Waals surface area contributed by atoms with Crippen molar-refractivity contribution < 1.29 is 19.4 Å². The lowest BCUT2D eigenvalue weighted by molar-refractivity contribution is -0.108. The Morgan fingerprint density at radius 3 is 1.69 bits per heavy atom. The first kappa shape index (κ1) is 48.5. The molecular formula is C55H66O4S6. The summed E-state index contributed by atoms with van der Waals surface area (Å²) < 4.78 is 9.23. The number of fused-ring (bicyclic) bond motifs is 7. The molecule has 7 aromatic rings. The Morgan fingerprint density at radius 1 is 0.554 bits per heavy atom. The summed E-state index contributed by atoms with van der Waals surface area (Å²) in [5.41, 5.74) is 4.25. The fourth-order valence-electron chi connectivity index (χ4n) is 9.76. The van der Waals surface area contributed by atoms with Gasteiger partial charge in [-0.15, -0.1) is 56.7 Å². The predicted molar refractivity (Wildman–Crippen MR) is 288 cm³/mol. The molecule has 0 radical (unpaired) electrons. The largest absolute Gasteiger partial charge is 0.487 e. The highest BCUT2D eigenvalue weighted by molar-refractivity contribution is 7.30. The molecule has 0 bridgehead atoms. The summed E-state index contributed by atoms with van der Waals surface area (Å²) in [7, 11) is 1.72. The van der Waals surface area contributed by atoms with E-state index in [-0.39, 0.29) is 18.2 Å². The van der Waals surface area contributed by atoms with Gasteiger partial charge in [0.15, 0.2) is 16.6 Å². The standard InChI is InChI=1S/C55H66O4S6/c1-7-9-11-13-14-15-16-17-18-19-20-21-22-24-26-37-28-44(64-51(37)55-54-39(35(5)61-55)30-42(63-54)33(3)57)47-49-48(46(50(47)58)43-27-36(34(4)60-43)25-23-12-10-8-2)52-40(29-38(32-56)62-52)41-31-45(59-6)65-53(41)49/h27-31,56H,7-26,32H2,1-6H3. The smallest absolute Gasteiger partial charge is 0.197 e. The molecule has 6 aromatic heterocycles. The molecule has 1 aliphatic rings. The maximum Gasteiger partial charge on any atom is 0.197 e. The maximum atomic E-state index is 15.7. The number of carbonyl (C=O) groups excluding carboxylic acids is 2. The van der Waals surface area contributed by atoms with Crippen LogP contribution in [-0.4, -0.2) is 23.8 Å². The molecule has 0 saturated carbocycles. The van der Waals surface area contributed by atoms with Gasteiger partial charge in [-0.2, -0.15) is 0 Å². The number of ketones is 2. The molecular weight excluding hydrogens is 917 g/mol. The number of rotatable bonds is 26. The Hall–Kier alpha value is -2.96. The Kier molecular flexibility index (Phi) is 16.7. The monoisotopic (exact) mass is 982 g/mol. The molecule has 65 heavy (non-hydrogen) atoms. The first-order valence-electron chi connectivity index (χ1n) is 24.4. The Bertz CT molecular complexity index is 2920. The van der Waals surface area contributed by atoms with Crippen molar-refractivity contribution in [3.8, 4) is 14.8 Å². The number of aliphatic hydroxyl groups is 1. The second-order valence-corrected chi connectivity index (χ2v) is 24.9. The van der Waals surface area contributed by atoms with Gasteiger partial charge in [0.1, 0.15) is 0 Å². The van der Waals surface area contributed by atoms with Gasteiger partial charge in [0.25, 0.3) is 0 Å². The molecule has 1 N–H and O–H groups in total. The highest BCUT2D eigenvalue weighted by Gasteiger charge is 2.34. The maximum absolute atomic E-state index is 15.7. The van der Waals surface area contributed by atoms with Crippen LogP contribution in [0, 0.1) is 13.8 Å². The zero-order chi connectivity index (χ0) is 45.6. The zero-order valence-electron chi connectivity index (χ0n) is 39.4. The van der Waals surface area contributed by atoms with E-state index < -0.39 is 0 Å². The first-order chi connectivity index (χ1) is 31.7. The van der Waals surface area contributed by atoms with E-state index in [0.29, 0.717) is 0 Å². The second kappa shape index (κ2) is 22.4. The number of Topliss-reactive ketones (excluding diaryl/α,β-unsaturated/α-hetero) is 2. The van der Waals surface area contributed by atoms with Gasteiger partial charge < -0.3 is 9.84 Å². The second-order valence-electron chi connectivity index (χ2n) is 18.2. The minimum Gasteiger partial charge on any atom is -0.487 e. The number of aryl methyl sites for hydroxylation is 4. The topological polar surface area (TPSA) is 63.6 Å². The molecule has 346 valence electrons. The SMILES string of the molecule is CCCCCCCCCCCCCCCCc1cc(C2=c3c(c4sc(CO)cc4c4cc(OC)sc34)=C(c3cc(CCCCCC)c(C)s3)C2=O)sc1-c1sc(C)c2cc(C(C)=O)sc12. The summed E-state index contributed by atoms with van der Waals surface area (Å²) in [5, 5.41) is 16.7. The third kappa shape index (κ3) is 10.4. The van der Waals surface area contributed by atoms with Gasteiger partial charge in [-0.05, 0) is 81.8 Å². The summed E-state index contributed by atoms with van der Waals surface area (Å²) in [6.07, 6.45) is 25.4. The van der Waals surface area contributed by atoms with Crippen LogP contribution in [0.25, 0.3) is 51.2 Å². The van der Waals surface area contributed by atoms with E-state index in [1.807, 2.05) is 11.3 Å². The van der Waals surface area contributed by atoms with Crippen molar-refractivity contribution in [1.29, 1.82) is 0 Å². The van der Waals surface area contributed by atoms with Crippen molar-refractivity contribution in [3.05, 3.63) is 81.2 Å². The molecule has 6 heterocycles. The van der Waals surface area contributed by atoms with E-state index in [9.17, 15) is 9.90 Å². The van der Waals surface area contributed by atoms with E-state index >= 15 is 4.79 Å². The number of methoxy groups -OCH3 is 1. The lowest BCUT2D eigenvalue weighted by atomic mass is 10.0. The average Bonchev–Trinajstić information content (AvgIpc) is 4.16. The average molecular weight is 984 g/mol. The van der Waals surface area contributed by atoms with Crippen molar-refractivity contribution in [2.45, 2.75) is 170 Å². The van der Waals surface area contributed by atoms with Crippen LogP contribution in [-0.2, 0) is 24.2 Å². The minimum absolute atomic E-state index is 0.0452. The quantitative estimate of drug-likeness (QED) is 0.0434. The Morgan fingerprint density at radius 2 is 1.09 bits per heavy atom. The van der Waals surface area contributed by atoms with Crippen LogP contribution in [0.1, 0.15) is 182 Å². The summed E-state index contributed by atoms with van der Waals surface area (Å²) in [6, 6.07) is 11.0. The van der Waals surface area contributed by atoms with Crippen molar-refractivity contribution >= 4 is 121 Å². The van der Waals surface area contributed by atoms with Crippen molar-refractivity contribution in [3.63, 3.8) is 0 Å². The van der Waals surface area contributed by atoms with Crippen LogP contribution >= 0.6 is 68.0 Å². The van der Waals surface area contributed by atoms with Crippen LogP contribution in [0.2, 0.25) is 0 Å². The van der Waals surface area contributed by atoms with Gasteiger partial charge in [-0.3, -0.25) is 9.59 Å². The van der Waals surface area contributed by atoms with Gasteiger partial charge >= 0.3 is 0 Å². The molecule has 0 aliphatic heterocycles. The zero-order valence-corrected chi connectivity index (χ0v) is 44.3. The van der Waals surface area contributed by atoms with E-state index in [1.54, 1.807) is 70.7 Å². The number of hydrogen-bond donors (Lipinski definition) is 1. The number of unbranched alkanes of at least 4 members (excludes halogenated alkanes) is 16. The fourth-order valence-corrected chi connectivity index (χ4v) is 16.9. The van der Waals surface area contributed by atoms with Gasteiger partial charge in [-0.1, -0.05) is 128 Å². The van der Waals surface area contributed by atoms with E-state index in [2.05, 4.69) is 58.0 Å². The van der Waals surface area contributed by atoms with E-state index in [1.165, 1.54) is 143 Å². The summed E-state index contributed by atoms with van der Waals surface area (Å²) in [6.45, 7) is 10.6. The molecule has 0 fully saturated rings. The van der Waals surface area contributed by atoms with E-state index in [0.717, 1.165) is 92.0 Å². The molecule has 1 aromatic carbocycles. The fraction of sp³-hybridized carbons (Fsp3) is 0.491. The lowest BCUT2D eigenvalue weighted by Crippen LogP contribution is -2.25. The molecule has 4 nitrogen and oxygen atoms in total. The molecule has 0 saturated heterocycles. The van der Waals surface area contributed by atoms with Crippen molar-refractivity contribution in [2.75, 3.05) is 7.11 Å².